The summed E-state index contributed by atoms with van der Waals surface area (Å²) in [5.41, 5.74) is 3.59. The minimum Gasteiger partial charge on any atom is -0.328 e. The van der Waals surface area contributed by atoms with E-state index in [1.165, 1.54) is 21.9 Å². The van der Waals surface area contributed by atoms with Crippen molar-refractivity contribution in [2.75, 3.05) is 0 Å². The Balaban J connectivity index is 2.64. The molecule has 2 aromatic heterocycles. The fourth-order valence-corrected chi connectivity index (χ4v) is 2.15. The monoisotopic (exact) mass is 196 g/mol. The van der Waals surface area contributed by atoms with Crippen LogP contribution in [0.15, 0.2) is 36.5 Å². The summed E-state index contributed by atoms with van der Waals surface area (Å²) in [4.78, 5) is 4.41. The Morgan fingerprint density at radius 1 is 1.13 bits per heavy atom. The van der Waals surface area contributed by atoms with Crippen molar-refractivity contribution in [3.05, 3.63) is 42.1 Å². The third-order valence-corrected chi connectivity index (χ3v) is 2.91. The van der Waals surface area contributed by atoms with Crippen LogP contribution in [-0.4, -0.2) is 9.55 Å². The minimum absolute atomic E-state index is 1.05. The first-order valence-corrected chi connectivity index (χ1v) is 5.07. The van der Waals surface area contributed by atoms with Gasteiger partial charge >= 0.3 is 0 Å². The largest absolute Gasteiger partial charge is 0.328 e. The van der Waals surface area contributed by atoms with E-state index in [1.807, 2.05) is 12.3 Å². The molecular weight excluding hydrogens is 184 g/mol. The second-order valence-electron chi connectivity index (χ2n) is 3.95. The van der Waals surface area contributed by atoms with E-state index in [-0.39, 0.29) is 0 Å². The molecule has 0 spiro atoms. The van der Waals surface area contributed by atoms with Crippen molar-refractivity contribution in [1.82, 2.24) is 9.55 Å². The maximum Gasteiger partial charge on any atom is 0.140 e. The standard InChI is InChI=1S/C13H12N2/c1-9-5-6-12-11(8-9)10-4-3-7-14-13(10)15(12)2/h3-8H,1-2H3. The van der Waals surface area contributed by atoms with Gasteiger partial charge in [0.2, 0.25) is 0 Å². The molecule has 0 atom stereocenters. The summed E-state index contributed by atoms with van der Waals surface area (Å²) in [6.45, 7) is 2.12. The van der Waals surface area contributed by atoms with Gasteiger partial charge < -0.3 is 4.57 Å². The summed E-state index contributed by atoms with van der Waals surface area (Å²) in [5, 5.41) is 2.53. The van der Waals surface area contributed by atoms with Crippen molar-refractivity contribution >= 4 is 21.9 Å². The first-order chi connectivity index (χ1) is 7.27. The molecule has 0 aliphatic rings. The number of fused-ring (bicyclic) bond motifs is 3. The van der Waals surface area contributed by atoms with Crippen LogP contribution >= 0.6 is 0 Å². The van der Waals surface area contributed by atoms with E-state index in [0.29, 0.717) is 0 Å². The van der Waals surface area contributed by atoms with E-state index in [4.69, 9.17) is 0 Å². The number of pyridine rings is 1. The van der Waals surface area contributed by atoms with E-state index in [1.54, 1.807) is 0 Å². The third kappa shape index (κ3) is 1.08. The number of aromatic nitrogens is 2. The fraction of sp³-hybridized carbons (Fsp3) is 0.154. The van der Waals surface area contributed by atoms with Crippen LogP contribution in [0.2, 0.25) is 0 Å². The molecule has 15 heavy (non-hydrogen) atoms. The lowest BCUT2D eigenvalue weighted by molar-refractivity contribution is 0.989. The van der Waals surface area contributed by atoms with Crippen LogP contribution in [0.4, 0.5) is 0 Å². The van der Waals surface area contributed by atoms with Crippen LogP contribution in [0.1, 0.15) is 5.56 Å². The van der Waals surface area contributed by atoms with Crippen LogP contribution in [0.5, 0.6) is 0 Å². The average Bonchev–Trinajstić information content (AvgIpc) is 2.54. The molecule has 0 saturated heterocycles. The molecule has 0 saturated carbocycles. The highest BCUT2D eigenvalue weighted by atomic mass is 15.0. The third-order valence-electron chi connectivity index (χ3n) is 2.91. The molecule has 2 heterocycles. The summed E-state index contributed by atoms with van der Waals surface area (Å²) in [5.74, 6) is 0. The number of aryl methyl sites for hydroxylation is 2. The molecule has 0 N–H and O–H groups in total. The normalized spacial score (nSPS) is 11.3. The molecule has 74 valence electrons. The maximum absolute atomic E-state index is 4.41. The summed E-state index contributed by atoms with van der Waals surface area (Å²) < 4.78 is 2.14. The minimum atomic E-state index is 1.05. The average molecular weight is 196 g/mol. The van der Waals surface area contributed by atoms with Crippen LogP contribution < -0.4 is 0 Å². The number of nitrogens with zero attached hydrogens (tertiary/aromatic N) is 2. The summed E-state index contributed by atoms with van der Waals surface area (Å²) in [6, 6.07) is 10.6. The molecule has 3 rings (SSSR count). The molecular formula is C13H12N2. The Morgan fingerprint density at radius 3 is 2.87 bits per heavy atom. The van der Waals surface area contributed by atoms with Gasteiger partial charge in [-0.2, -0.15) is 0 Å². The highest BCUT2D eigenvalue weighted by molar-refractivity contribution is 6.06. The predicted octanol–water partition coefficient (Wildman–Crippen LogP) is 3.03. The highest BCUT2D eigenvalue weighted by Gasteiger charge is 2.07. The second-order valence-corrected chi connectivity index (χ2v) is 3.95. The van der Waals surface area contributed by atoms with Crippen molar-refractivity contribution in [2.45, 2.75) is 6.92 Å². The van der Waals surface area contributed by atoms with Crippen molar-refractivity contribution < 1.29 is 0 Å². The zero-order chi connectivity index (χ0) is 10.4. The Bertz CT molecular complexity index is 650. The quantitative estimate of drug-likeness (QED) is 0.540. The van der Waals surface area contributed by atoms with Gasteiger partial charge in [-0.1, -0.05) is 11.6 Å². The van der Waals surface area contributed by atoms with Gasteiger partial charge in [-0.3, -0.25) is 0 Å². The van der Waals surface area contributed by atoms with Gasteiger partial charge in [0.05, 0.1) is 5.52 Å². The molecule has 2 nitrogen and oxygen atoms in total. The van der Waals surface area contributed by atoms with Crippen molar-refractivity contribution in [2.24, 2.45) is 7.05 Å². The Labute approximate surface area is 88.2 Å². The molecule has 1 aromatic carbocycles. The zero-order valence-corrected chi connectivity index (χ0v) is 8.86. The topological polar surface area (TPSA) is 17.8 Å². The summed E-state index contributed by atoms with van der Waals surface area (Å²) in [6.07, 6.45) is 1.84. The van der Waals surface area contributed by atoms with E-state index >= 15 is 0 Å². The predicted molar refractivity (Wildman–Crippen MR) is 63.0 cm³/mol. The molecule has 0 amide bonds. The lowest BCUT2D eigenvalue weighted by Gasteiger charge is -1.96. The van der Waals surface area contributed by atoms with Crippen LogP contribution in [0.3, 0.4) is 0 Å². The van der Waals surface area contributed by atoms with Gasteiger partial charge in [0.1, 0.15) is 5.65 Å². The zero-order valence-electron chi connectivity index (χ0n) is 8.86. The number of benzene rings is 1. The molecule has 0 bridgehead atoms. The summed E-state index contributed by atoms with van der Waals surface area (Å²) in [7, 11) is 2.06. The van der Waals surface area contributed by atoms with Crippen molar-refractivity contribution in [3.8, 4) is 0 Å². The van der Waals surface area contributed by atoms with Gasteiger partial charge in [-0.15, -0.1) is 0 Å². The van der Waals surface area contributed by atoms with Crippen LogP contribution in [0.25, 0.3) is 21.9 Å². The molecule has 0 fully saturated rings. The van der Waals surface area contributed by atoms with Crippen LogP contribution in [-0.2, 0) is 7.05 Å². The number of rotatable bonds is 0. The second kappa shape index (κ2) is 2.83. The lowest BCUT2D eigenvalue weighted by atomic mass is 10.1. The van der Waals surface area contributed by atoms with Crippen LogP contribution in [0, 0.1) is 6.92 Å². The molecule has 0 aliphatic carbocycles. The fourth-order valence-electron chi connectivity index (χ4n) is 2.15. The van der Waals surface area contributed by atoms with Gasteiger partial charge in [0, 0.05) is 24.0 Å². The van der Waals surface area contributed by atoms with Gasteiger partial charge in [0.25, 0.3) is 0 Å². The van der Waals surface area contributed by atoms with Gasteiger partial charge in [-0.25, -0.2) is 4.98 Å². The maximum atomic E-state index is 4.41. The van der Waals surface area contributed by atoms with E-state index in [9.17, 15) is 0 Å². The molecule has 3 aromatic rings. The van der Waals surface area contributed by atoms with Crippen molar-refractivity contribution in [3.63, 3.8) is 0 Å². The lowest BCUT2D eigenvalue weighted by Crippen LogP contribution is -1.88. The number of hydrogen-bond acceptors (Lipinski definition) is 1. The van der Waals surface area contributed by atoms with E-state index in [0.717, 1.165) is 5.65 Å². The summed E-state index contributed by atoms with van der Waals surface area (Å²) >= 11 is 0. The SMILES string of the molecule is Cc1ccc2c(c1)c1cccnc1n2C. The molecule has 0 aliphatic heterocycles. The highest BCUT2D eigenvalue weighted by Crippen LogP contribution is 2.26. The Morgan fingerprint density at radius 2 is 2.00 bits per heavy atom. The van der Waals surface area contributed by atoms with E-state index < -0.39 is 0 Å². The Hall–Kier alpha value is -1.83. The van der Waals surface area contributed by atoms with Gasteiger partial charge in [0.15, 0.2) is 0 Å². The van der Waals surface area contributed by atoms with Crippen molar-refractivity contribution in [1.29, 1.82) is 0 Å². The number of hydrogen-bond donors (Lipinski definition) is 0. The van der Waals surface area contributed by atoms with Gasteiger partial charge in [-0.05, 0) is 31.2 Å². The first-order valence-electron chi connectivity index (χ1n) is 5.07. The molecule has 0 unspecified atom stereocenters. The Kier molecular flexibility index (Phi) is 1.60. The smallest absolute Gasteiger partial charge is 0.140 e. The first kappa shape index (κ1) is 8.48. The molecule has 0 radical (unpaired) electrons. The molecule has 2 heteroatoms. The van der Waals surface area contributed by atoms with E-state index in [2.05, 4.69) is 47.8 Å².